The van der Waals surface area contributed by atoms with Crippen LogP contribution in [0.2, 0.25) is 0 Å². The molecule has 0 saturated heterocycles. The van der Waals surface area contributed by atoms with Crippen molar-refractivity contribution in [3.63, 3.8) is 0 Å². The molecule has 84 valence electrons. The van der Waals surface area contributed by atoms with E-state index in [1.807, 2.05) is 0 Å². The fraction of sp³-hybridized carbons (Fsp3) is 0.857. The van der Waals surface area contributed by atoms with Crippen LogP contribution in [0.3, 0.4) is 0 Å². The molecular weight excluding hydrogens is 168 g/mol. The van der Waals surface area contributed by atoms with E-state index in [4.69, 9.17) is 0 Å². The lowest BCUT2D eigenvalue weighted by Gasteiger charge is -2.13. The molecule has 0 bridgehead atoms. The second kappa shape index (κ2) is 9.30. The number of hydrogen-bond donors (Lipinski definition) is 0. The highest BCUT2D eigenvalue weighted by Gasteiger charge is 2.04. The van der Waals surface area contributed by atoms with Gasteiger partial charge in [0.2, 0.25) is 0 Å². The summed E-state index contributed by atoms with van der Waals surface area (Å²) >= 11 is 0. The molecule has 0 N–H and O–H groups in total. The quantitative estimate of drug-likeness (QED) is 0.451. The van der Waals surface area contributed by atoms with Gasteiger partial charge in [0.25, 0.3) is 0 Å². The molecule has 0 spiro atoms. The van der Waals surface area contributed by atoms with Crippen molar-refractivity contribution >= 4 is 0 Å². The van der Waals surface area contributed by atoms with Gasteiger partial charge in [0, 0.05) is 0 Å². The van der Waals surface area contributed by atoms with Gasteiger partial charge < -0.3 is 0 Å². The summed E-state index contributed by atoms with van der Waals surface area (Å²) in [5, 5.41) is 0. The molecule has 0 aromatic rings. The van der Waals surface area contributed by atoms with Gasteiger partial charge in [0.15, 0.2) is 0 Å². The Morgan fingerprint density at radius 2 is 0.714 bits per heavy atom. The van der Waals surface area contributed by atoms with Gasteiger partial charge in [-0.3, -0.25) is 0 Å². The summed E-state index contributed by atoms with van der Waals surface area (Å²) in [7, 11) is 0. The summed E-state index contributed by atoms with van der Waals surface area (Å²) < 4.78 is 0. The molecule has 0 rings (SSSR count). The minimum absolute atomic E-state index is 1.31. The smallest absolute Gasteiger partial charge is 0.0320 e. The van der Waals surface area contributed by atoms with E-state index >= 15 is 0 Å². The van der Waals surface area contributed by atoms with Crippen molar-refractivity contribution in [2.75, 3.05) is 0 Å². The number of allylic oxidation sites excluding steroid dienone is 2. The fourth-order valence-corrected chi connectivity index (χ4v) is 2.16. The predicted octanol–water partition coefficient (Wildman–Crippen LogP) is 5.48. The zero-order valence-corrected chi connectivity index (χ0v) is 10.7. The lowest BCUT2D eigenvalue weighted by atomic mass is 9.93. The summed E-state index contributed by atoms with van der Waals surface area (Å²) in [5.74, 6) is 0. The summed E-state index contributed by atoms with van der Waals surface area (Å²) in [6.07, 6.45) is 10.6. The fourth-order valence-electron chi connectivity index (χ4n) is 2.16. The van der Waals surface area contributed by atoms with Crippen LogP contribution in [-0.2, 0) is 0 Å². The van der Waals surface area contributed by atoms with Crippen LogP contribution >= 0.6 is 0 Å². The molecule has 0 aliphatic rings. The van der Waals surface area contributed by atoms with Gasteiger partial charge in [-0.15, -0.1) is 0 Å². The molecule has 14 heavy (non-hydrogen) atoms. The molecule has 0 aliphatic heterocycles. The van der Waals surface area contributed by atoms with Crippen LogP contribution in [0.1, 0.15) is 79.1 Å². The molecule has 0 heteroatoms. The molecular formula is C14H28. The molecule has 0 amide bonds. The predicted molar refractivity (Wildman–Crippen MR) is 66.7 cm³/mol. The minimum Gasteiger partial charge on any atom is -0.0710 e. The highest BCUT2D eigenvalue weighted by molar-refractivity contribution is 5.14. The third-order valence-corrected chi connectivity index (χ3v) is 2.71. The standard InChI is InChI=1S/C14H28/c1-5-9-13(10-6-2)14(11-7-3)12-8-4/h5-12H2,1-4H3. The SMILES string of the molecule is CCCC(CCC)=C(CCC)CCC. The summed E-state index contributed by atoms with van der Waals surface area (Å²) in [4.78, 5) is 0. The van der Waals surface area contributed by atoms with Crippen molar-refractivity contribution < 1.29 is 0 Å². The lowest BCUT2D eigenvalue weighted by Crippen LogP contribution is -1.93. The van der Waals surface area contributed by atoms with Crippen LogP contribution in [0, 0.1) is 0 Å². The molecule has 0 aromatic heterocycles. The van der Waals surface area contributed by atoms with E-state index in [9.17, 15) is 0 Å². The van der Waals surface area contributed by atoms with Crippen molar-refractivity contribution in [2.45, 2.75) is 79.1 Å². The first kappa shape index (κ1) is 13.7. The van der Waals surface area contributed by atoms with Crippen LogP contribution in [0.5, 0.6) is 0 Å². The van der Waals surface area contributed by atoms with Gasteiger partial charge in [-0.05, 0) is 25.7 Å². The second-order valence-electron chi connectivity index (χ2n) is 4.21. The van der Waals surface area contributed by atoms with Crippen molar-refractivity contribution in [2.24, 2.45) is 0 Å². The Labute approximate surface area is 90.8 Å². The maximum absolute atomic E-state index is 2.30. The second-order valence-corrected chi connectivity index (χ2v) is 4.21. The highest BCUT2D eigenvalue weighted by Crippen LogP contribution is 2.24. The molecule has 0 nitrogen and oxygen atoms in total. The van der Waals surface area contributed by atoms with Gasteiger partial charge in [0.05, 0.1) is 0 Å². The largest absolute Gasteiger partial charge is 0.0710 e. The first-order valence-electron chi connectivity index (χ1n) is 6.49. The minimum atomic E-state index is 1.31. The van der Waals surface area contributed by atoms with Crippen molar-refractivity contribution in [1.29, 1.82) is 0 Å². The molecule has 0 aliphatic carbocycles. The zero-order chi connectivity index (χ0) is 10.8. The Morgan fingerprint density at radius 3 is 0.857 bits per heavy atom. The first-order chi connectivity index (χ1) is 6.79. The third kappa shape index (κ3) is 5.47. The molecule has 0 radical (unpaired) electrons. The van der Waals surface area contributed by atoms with Crippen LogP contribution in [0.15, 0.2) is 11.1 Å². The highest BCUT2D eigenvalue weighted by atomic mass is 14.1. The number of hydrogen-bond acceptors (Lipinski definition) is 0. The average Bonchev–Trinajstić information content (AvgIpc) is 2.17. The monoisotopic (exact) mass is 196 g/mol. The average molecular weight is 196 g/mol. The van der Waals surface area contributed by atoms with Crippen molar-refractivity contribution in [3.8, 4) is 0 Å². The Morgan fingerprint density at radius 1 is 0.500 bits per heavy atom. The van der Waals surface area contributed by atoms with Crippen LogP contribution in [-0.4, -0.2) is 0 Å². The van der Waals surface area contributed by atoms with Crippen LogP contribution < -0.4 is 0 Å². The Hall–Kier alpha value is -0.260. The number of rotatable bonds is 8. The van der Waals surface area contributed by atoms with E-state index in [2.05, 4.69) is 27.7 Å². The molecule has 0 unspecified atom stereocenters. The molecule has 0 heterocycles. The van der Waals surface area contributed by atoms with Gasteiger partial charge in [-0.25, -0.2) is 0 Å². The zero-order valence-electron chi connectivity index (χ0n) is 10.7. The Kier molecular flexibility index (Phi) is 9.13. The molecule has 0 saturated carbocycles. The van der Waals surface area contributed by atoms with Gasteiger partial charge in [-0.1, -0.05) is 64.5 Å². The van der Waals surface area contributed by atoms with E-state index < -0.39 is 0 Å². The maximum Gasteiger partial charge on any atom is -0.0320 e. The van der Waals surface area contributed by atoms with Crippen molar-refractivity contribution in [1.82, 2.24) is 0 Å². The van der Waals surface area contributed by atoms with Crippen LogP contribution in [0.25, 0.3) is 0 Å². The van der Waals surface area contributed by atoms with E-state index in [1.54, 1.807) is 11.1 Å². The van der Waals surface area contributed by atoms with E-state index in [1.165, 1.54) is 51.4 Å². The summed E-state index contributed by atoms with van der Waals surface area (Å²) in [6, 6.07) is 0. The molecule has 0 fully saturated rings. The van der Waals surface area contributed by atoms with Crippen molar-refractivity contribution in [3.05, 3.63) is 11.1 Å². The lowest BCUT2D eigenvalue weighted by molar-refractivity contribution is 0.724. The Balaban J connectivity index is 4.45. The van der Waals surface area contributed by atoms with Gasteiger partial charge >= 0.3 is 0 Å². The normalized spacial score (nSPS) is 10.3. The molecule has 0 atom stereocenters. The van der Waals surface area contributed by atoms with E-state index in [-0.39, 0.29) is 0 Å². The maximum atomic E-state index is 2.30. The van der Waals surface area contributed by atoms with Crippen LogP contribution in [0.4, 0.5) is 0 Å². The van der Waals surface area contributed by atoms with Gasteiger partial charge in [0.1, 0.15) is 0 Å². The Bertz CT molecular complexity index is 119. The summed E-state index contributed by atoms with van der Waals surface area (Å²) in [5.41, 5.74) is 3.55. The van der Waals surface area contributed by atoms with E-state index in [0.29, 0.717) is 0 Å². The first-order valence-corrected chi connectivity index (χ1v) is 6.49. The van der Waals surface area contributed by atoms with E-state index in [0.717, 1.165) is 0 Å². The topological polar surface area (TPSA) is 0 Å². The summed E-state index contributed by atoms with van der Waals surface area (Å²) in [6.45, 7) is 9.19. The third-order valence-electron chi connectivity index (χ3n) is 2.71. The molecule has 0 aromatic carbocycles. The van der Waals surface area contributed by atoms with Gasteiger partial charge in [-0.2, -0.15) is 0 Å².